The number of likely N-dealkylation sites (tertiary alicyclic amines) is 1. The summed E-state index contributed by atoms with van der Waals surface area (Å²) >= 11 is 0. The first kappa shape index (κ1) is 17.8. The minimum Gasteiger partial charge on any atom is -0.368 e. The average Bonchev–Trinajstić information content (AvgIpc) is 2.66. The second-order valence-electron chi connectivity index (χ2n) is 7.34. The molecule has 0 saturated carbocycles. The molecule has 1 amide bonds. The van der Waals surface area contributed by atoms with Crippen LogP contribution in [0, 0.1) is 17.2 Å². The Hall–Kier alpha value is -2.06. The highest BCUT2D eigenvalue weighted by atomic mass is 16.2. The third-order valence-corrected chi connectivity index (χ3v) is 5.48. The third kappa shape index (κ3) is 4.73. The number of piperazine rings is 1. The molecular weight excluding hydrogens is 312 g/mol. The molecule has 1 aromatic carbocycles. The van der Waals surface area contributed by atoms with Crippen LogP contribution in [0.15, 0.2) is 24.3 Å². The van der Waals surface area contributed by atoms with Gasteiger partial charge in [-0.25, -0.2) is 0 Å². The summed E-state index contributed by atoms with van der Waals surface area (Å²) in [6, 6.07) is 9.85. The molecule has 2 fully saturated rings. The highest BCUT2D eigenvalue weighted by Gasteiger charge is 2.23. The molecule has 2 heterocycles. The van der Waals surface area contributed by atoms with E-state index in [-0.39, 0.29) is 0 Å². The minimum atomic E-state index is 0.313. The van der Waals surface area contributed by atoms with E-state index in [1.165, 1.54) is 19.4 Å². The lowest BCUT2D eigenvalue weighted by atomic mass is 9.93. The zero-order chi connectivity index (χ0) is 17.6. The molecule has 5 heteroatoms. The molecule has 2 saturated heterocycles. The van der Waals surface area contributed by atoms with Gasteiger partial charge in [-0.15, -0.1) is 0 Å². The van der Waals surface area contributed by atoms with E-state index in [0.29, 0.717) is 23.8 Å². The van der Waals surface area contributed by atoms with Gasteiger partial charge in [0, 0.05) is 44.8 Å². The molecular formula is C20H28N4O. The fraction of sp³-hybridized carbons (Fsp3) is 0.600. The first-order valence-corrected chi connectivity index (χ1v) is 9.37. The molecule has 0 radical (unpaired) electrons. The number of carbonyl (C=O) groups is 1. The maximum absolute atomic E-state index is 12.5. The van der Waals surface area contributed by atoms with Crippen molar-refractivity contribution >= 4 is 11.6 Å². The van der Waals surface area contributed by atoms with E-state index in [2.05, 4.69) is 22.9 Å². The van der Waals surface area contributed by atoms with Gasteiger partial charge in [0.25, 0.3) is 0 Å². The lowest BCUT2D eigenvalue weighted by Gasteiger charge is -2.36. The maximum Gasteiger partial charge on any atom is 0.222 e. The van der Waals surface area contributed by atoms with Crippen LogP contribution < -0.4 is 4.90 Å². The van der Waals surface area contributed by atoms with E-state index in [1.54, 1.807) is 0 Å². The number of hydrogen-bond acceptors (Lipinski definition) is 4. The van der Waals surface area contributed by atoms with Gasteiger partial charge in [0.15, 0.2) is 0 Å². The van der Waals surface area contributed by atoms with Crippen LogP contribution in [-0.2, 0) is 4.79 Å². The maximum atomic E-state index is 12.5. The molecule has 2 aliphatic heterocycles. The van der Waals surface area contributed by atoms with Crippen molar-refractivity contribution in [2.45, 2.75) is 25.7 Å². The number of benzene rings is 1. The highest BCUT2D eigenvalue weighted by molar-refractivity contribution is 5.76. The molecule has 1 unspecified atom stereocenters. The zero-order valence-electron chi connectivity index (χ0n) is 15.2. The highest BCUT2D eigenvalue weighted by Crippen LogP contribution is 2.21. The van der Waals surface area contributed by atoms with Gasteiger partial charge in [0.1, 0.15) is 0 Å². The van der Waals surface area contributed by atoms with E-state index in [9.17, 15) is 4.79 Å². The smallest absolute Gasteiger partial charge is 0.222 e. The summed E-state index contributed by atoms with van der Waals surface area (Å²) in [4.78, 5) is 19.2. The van der Waals surface area contributed by atoms with E-state index in [0.717, 1.165) is 44.8 Å². The SMILES string of the molecule is CN1CCCC(CCC(=O)N2CCN(c3ccc(C#N)cc3)CC2)C1. The van der Waals surface area contributed by atoms with Crippen LogP contribution in [0.1, 0.15) is 31.2 Å². The number of hydrogen-bond donors (Lipinski definition) is 0. The number of nitriles is 1. The Morgan fingerprint density at radius 3 is 2.52 bits per heavy atom. The van der Waals surface area contributed by atoms with E-state index in [4.69, 9.17) is 5.26 Å². The molecule has 3 rings (SSSR count). The summed E-state index contributed by atoms with van der Waals surface area (Å²) in [6.07, 6.45) is 4.25. The molecule has 0 spiro atoms. The Morgan fingerprint density at radius 1 is 1.16 bits per heavy atom. The third-order valence-electron chi connectivity index (χ3n) is 5.48. The van der Waals surface area contributed by atoms with Crippen LogP contribution in [0.25, 0.3) is 0 Å². The molecule has 2 aliphatic rings. The summed E-state index contributed by atoms with van der Waals surface area (Å²) in [7, 11) is 2.18. The number of carbonyl (C=O) groups excluding carboxylic acids is 1. The first-order valence-electron chi connectivity index (χ1n) is 9.37. The van der Waals surface area contributed by atoms with Gasteiger partial charge in [0.2, 0.25) is 5.91 Å². The summed E-state index contributed by atoms with van der Waals surface area (Å²) in [5.41, 5.74) is 1.82. The van der Waals surface area contributed by atoms with E-state index >= 15 is 0 Å². The monoisotopic (exact) mass is 340 g/mol. The Labute approximate surface area is 150 Å². The lowest BCUT2D eigenvalue weighted by molar-refractivity contribution is -0.131. The summed E-state index contributed by atoms with van der Waals surface area (Å²) < 4.78 is 0. The molecule has 1 aromatic rings. The predicted octanol–water partition coefficient (Wildman–Crippen LogP) is 2.33. The van der Waals surface area contributed by atoms with E-state index < -0.39 is 0 Å². The second-order valence-corrected chi connectivity index (χ2v) is 7.34. The molecule has 5 nitrogen and oxygen atoms in total. The number of piperidine rings is 1. The van der Waals surface area contributed by atoms with Crippen molar-refractivity contribution in [2.75, 3.05) is 51.2 Å². The fourth-order valence-corrected chi connectivity index (χ4v) is 3.96. The molecule has 0 N–H and O–H groups in total. The summed E-state index contributed by atoms with van der Waals surface area (Å²) in [5.74, 6) is 0.996. The Kier molecular flexibility index (Phi) is 5.93. The van der Waals surface area contributed by atoms with Gasteiger partial charge in [-0.2, -0.15) is 5.26 Å². The standard InChI is InChI=1S/C20H28N4O/c1-22-10-2-3-18(16-22)6-9-20(25)24-13-11-23(12-14-24)19-7-4-17(15-21)5-8-19/h4-5,7-8,18H,2-3,6,9-14,16H2,1H3. The zero-order valence-corrected chi connectivity index (χ0v) is 15.2. The molecule has 1 atom stereocenters. The van der Waals surface area contributed by atoms with E-state index in [1.807, 2.05) is 29.2 Å². The van der Waals surface area contributed by atoms with Gasteiger partial charge < -0.3 is 14.7 Å². The van der Waals surface area contributed by atoms with Crippen molar-refractivity contribution in [3.05, 3.63) is 29.8 Å². The van der Waals surface area contributed by atoms with Gasteiger partial charge in [-0.1, -0.05) is 0 Å². The van der Waals surface area contributed by atoms with Gasteiger partial charge >= 0.3 is 0 Å². The molecule has 134 valence electrons. The van der Waals surface area contributed by atoms with Gasteiger partial charge in [0.05, 0.1) is 11.6 Å². The van der Waals surface area contributed by atoms with Crippen LogP contribution in [0.2, 0.25) is 0 Å². The Balaban J connectivity index is 1.43. The molecule has 25 heavy (non-hydrogen) atoms. The Morgan fingerprint density at radius 2 is 1.88 bits per heavy atom. The molecule has 0 bridgehead atoms. The number of amides is 1. The molecule has 0 aliphatic carbocycles. The normalized spacial score (nSPS) is 21.8. The van der Waals surface area contributed by atoms with Gasteiger partial charge in [-0.3, -0.25) is 4.79 Å². The predicted molar refractivity (Wildman–Crippen MR) is 99.4 cm³/mol. The summed E-state index contributed by atoms with van der Waals surface area (Å²) in [5, 5.41) is 8.88. The fourth-order valence-electron chi connectivity index (χ4n) is 3.96. The first-order chi connectivity index (χ1) is 12.2. The number of rotatable bonds is 4. The van der Waals surface area contributed by atoms with Crippen LogP contribution >= 0.6 is 0 Å². The number of nitrogens with zero attached hydrogens (tertiary/aromatic N) is 4. The summed E-state index contributed by atoms with van der Waals surface area (Å²) in [6.45, 7) is 5.65. The largest absolute Gasteiger partial charge is 0.368 e. The van der Waals surface area contributed by atoms with Crippen molar-refractivity contribution in [3.8, 4) is 6.07 Å². The second kappa shape index (κ2) is 8.35. The van der Waals surface area contributed by atoms with Crippen LogP contribution in [0.4, 0.5) is 5.69 Å². The van der Waals surface area contributed by atoms with Gasteiger partial charge in [-0.05, 0) is 63.0 Å². The quantitative estimate of drug-likeness (QED) is 0.844. The number of anilines is 1. The minimum absolute atomic E-state index is 0.313. The Bertz CT molecular complexity index is 614. The average molecular weight is 340 g/mol. The van der Waals surface area contributed by atoms with Crippen molar-refractivity contribution in [1.29, 1.82) is 5.26 Å². The topological polar surface area (TPSA) is 50.6 Å². The van der Waals surface area contributed by atoms with Crippen molar-refractivity contribution in [3.63, 3.8) is 0 Å². The van der Waals surface area contributed by atoms with Crippen LogP contribution in [0.3, 0.4) is 0 Å². The van der Waals surface area contributed by atoms with Crippen molar-refractivity contribution < 1.29 is 4.79 Å². The lowest BCUT2D eigenvalue weighted by Crippen LogP contribution is -2.48. The van der Waals surface area contributed by atoms with Crippen LogP contribution in [0.5, 0.6) is 0 Å². The van der Waals surface area contributed by atoms with Crippen molar-refractivity contribution in [2.24, 2.45) is 5.92 Å². The molecule has 0 aromatic heterocycles. The van der Waals surface area contributed by atoms with Crippen molar-refractivity contribution in [1.82, 2.24) is 9.80 Å². The van der Waals surface area contributed by atoms with Crippen LogP contribution in [-0.4, -0.2) is 62.0 Å².